The number of halogens is 2. The first kappa shape index (κ1) is 14.2. The molecule has 0 aromatic heterocycles. The number of carbonyl (C=O) groups excluding carboxylic acids is 1. The summed E-state index contributed by atoms with van der Waals surface area (Å²) >= 11 is 3.23. The largest absolute Gasteiger partial charge is 0.322 e. The van der Waals surface area contributed by atoms with Crippen LogP contribution < -0.4 is 10.6 Å². The summed E-state index contributed by atoms with van der Waals surface area (Å²) in [6.07, 6.45) is 0.851. The predicted octanol–water partition coefficient (Wildman–Crippen LogP) is 3.49. The van der Waals surface area contributed by atoms with Gasteiger partial charge in [-0.1, -0.05) is 18.2 Å². The van der Waals surface area contributed by atoms with Crippen LogP contribution >= 0.6 is 15.9 Å². The van der Waals surface area contributed by atoms with Crippen molar-refractivity contribution in [3.8, 4) is 0 Å². The Balaban J connectivity index is 1.92. The van der Waals surface area contributed by atoms with Crippen molar-refractivity contribution in [2.75, 3.05) is 11.9 Å². The van der Waals surface area contributed by atoms with Gasteiger partial charge in [0.2, 0.25) is 0 Å². The van der Waals surface area contributed by atoms with Crippen molar-refractivity contribution in [1.82, 2.24) is 5.32 Å². The van der Waals surface area contributed by atoms with Crippen LogP contribution in [0.1, 0.15) is 21.5 Å². The van der Waals surface area contributed by atoms with Gasteiger partial charge in [-0.15, -0.1) is 0 Å². The summed E-state index contributed by atoms with van der Waals surface area (Å²) < 4.78 is 14.3. The number of hydrogen-bond donors (Lipinski definition) is 2. The molecule has 0 saturated carbocycles. The molecule has 0 aliphatic carbocycles. The first-order valence-corrected chi connectivity index (χ1v) is 7.53. The van der Waals surface area contributed by atoms with Crippen molar-refractivity contribution in [2.45, 2.75) is 13.0 Å². The molecule has 1 heterocycles. The van der Waals surface area contributed by atoms with E-state index in [1.807, 2.05) is 18.2 Å². The average Bonchev–Trinajstić information content (AvgIpc) is 2.47. The normalized spacial score (nSPS) is 13.6. The molecule has 2 aromatic rings. The molecule has 2 aromatic carbocycles. The number of nitrogens with one attached hydrogen (secondary N) is 2. The highest BCUT2D eigenvalue weighted by atomic mass is 79.9. The van der Waals surface area contributed by atoms with E-state index in [9.17, 15) is 9.18 Å². The van der Waals surface area contributed by atoms with Gasteiger partial charge in [0, 0.05) is 16.7 Å². The number of anilines is 1. The molecule has 0 bridgehead atoms. The summed E-state index contributed by atoms with van der Waals surface area (Å²) in [5.74, 6) is -0.972. The molecule has 21 heavy (non-hydrogen) atoms. The van der Waals surface area contributed by atoms with E-state index >= 15 is 0 Å². The van der Waals surface area contributed by atoms with Crippen LogP contribution in [0, 0.1) is 5.82 Å². The number of benzene rings is 2. The maximum atomic E-state index is 13.8. The van der Waals surface area contributed by atoms with Gasteiger partial charge < -0.3 is 10.6 Å². The molecule has 108 valence electrons. The fourth-order valence-electron chi connectivity index (χ4n) is 2.55. The summed E-state index contributed by atoms with van der Waals surface area (Å²) in [6.45, 7) is 1.67. The molecule has 3 nitrogen and oxygen atoms in total. The molecular weight excluding hydrogens is 335 g/mol. The summed E-state index contributed by atoms with van der Waals surface area (Å²) in [5.41, 5.74) is 3.09. The number of amides is 1. The summed E-state index contributed by atoms with van der Waals surface area (Å²) in [5, 5.41) is 6.12. The van der Waals surface area contributed by atoms with E-state index in [0.29, 0.717) is 4.47 Å². The van der Waals surface area contributed by atoms with Gasteiger partial charge in [0.1, 0.15) is 5.82 Å². The van der Waals surface area contributed by atoms with E-state index in [1.54, 1.807) is 12.1 Å². The highest BCUT2D eigenvalue weighted by Gasteiger charge is 2.18. The molecule has 0 atom stereocenters. The zero-order chi connectivity index (χ0) is 14.8. The molecule has 1 aliphatic rings. The first-order chi connectivity index (χ1) is 10.2. The molecule has 5 heteroatoms. The zero-order valence-corrected chi connectivity index (χ0v) is 12.8. The highest BCUT2D eigenvalue weighted by molar-refractivity contribution is 9.10. The second-order valence-corrected chi connectivity index (χ2v) is 5.78. The maximum absolute atomic E-state index is 13.8. The minimum atomic E-state index is -0.534. The smallest absolute Gasteiger partial charge is 0.259 e. The second-order valence-electron chi connectivity index (χ2n) is 4.92. The number of carbonyl (C=O) groups is 1. The van der Waals surface area contributed by atoms with Crippen molar-refractivity contribution in [1.29, 1.82) is 0 Å². The molecular formula is C16H14BrFN2O. The molecule has 0 saturated heterocycles. The van der Waals surface area contributed by atoms with Gasteiger partial charge >= 0.3 is 0 Å². The Morgan fingerprint density at radius 3 is 2.86 bits per heavy atom. The van der Waals surface area contributed by atoms with Crippen molar-refractivity contribution in [3.05, 3.63) is 63.4 Å². The molecule has 0 fully saturated rings. The average molecular weight is 349 g/mol. The number of rotatable bonds is 2. The van der Waals surface area contributed by atoms with Gasteiger partial charge in [-0.2, -0.15) is 0 Å². The summed E-state index contributed by atoms with van der Waals surface area (Å²) in [7, 11) is 0. The second kappa shape index (κ2) is 5.95. The third-order valence-corrected chi connectivity index (χ3v) is 4.24. The minimum absolute atomic E-state index is 0.0315. The fourth-order valence-corrected chi connectivity index (χ4v) is 3.07. The molecule has 0 unspecified atom stereocenters. The van der Waals surface area contributed by atoms with Crippen molar-refractivity contribution < 1.29 is 9.18 Å². The van der Waals surface area contributed by atoms with E-state index in [-0.39, 0.29) is 5.56 Å². The molecule has 0 spiro atoms. The molecule has 0 radical (unpaired) electrons. The first-order valence-electron chi connectivity index (χ1n) is 6.73. The van der Waals surface area contributed by atoms with Gasteiger partial charge in [0.05, 0.1) is 5.56 Å². The quantitative estimate of drug-likeness (QED) is 0.872. The molecule has 1 amide bonds. The lowest BCUT2D eigenvalue weighted by Gasteiger charge is -2.20. The monoisotopic (exact) mass is 348 g/mol. The number of hydrogen-bond acceptors (Lipinski definition) is 2. The standard InChI is InChI=1S/C16H14BrFN2O/c17-12-4-2-5-13(18)15(12)16(21)20-14-6-1-3-10-9-19-8-7-11(10)14/h1-6,19H,7-9H2,(H,20,21). The fraction of sp³-hybridized carbons (Fsp3) is 0.188. The Labute approximate surface area is 130 Å². The minimum Gasteiger partial charge on any atom is -0.322 e. The van der Waals surface area contributed by atoms with Crippen molar-refractivity contribution >= 4 is 27.5 Å². The van der Waals surface area contributed by atoms with Crippen LogP contribution in [0.5, 0.6) is 0 Å². The van der Waals surface area contributed by atoms with Crippen LogP contribution in [0.15, 0.2) is 40.9 Å². The molecule has 1 aliphatic heterocycles. The van der Waals surface area contributed by atoms with Crippen LogP contribution in [0.3, 0.4) is 0 Å². The van der Waals surface area contributed by atoms with E-state index in [4.69, 9.17) is 0 Å². The summed E-state index contributed by atoms with van der Waals surface area (Å²) in [4.78, 5) is 12.3. The van der Waals surface area contributed by atoms with E-state index < -0.39 is 11.7 Å². The Hall–Kier alpha value is -1.72. The third kappa shape index (κ3) is 2.84. The lowest BCUT2D eigenvalue weighted by molar-refractivity contribution is 0.102. The van der Waals surface area contributed by atoms with Crippen molar-refractivity contribution in [3.63, 3.8) is 0 Å². The zero-order valence-electron chi connectivity index (χ0n) is 11.2. The van der Waals surface area contributed by atoms with Gasteiger partial charge in [-0.25, -0.2) is 4.39 Å². The van der Waals surface area contributed by atoms with Crippen LogP contribution in [0.2, 0.25) is 0 Å². The molecule has 3 rings (SSSR count). The SMILES string of the molecule is O=C(Nc1cccc2c1CCNC2)c1c(F)cccc1Br. The Bertz CT molecular complexity index is 682. The Morgan fingerprint density at radius 2 is 2.05 bits per heavy atom. The van der Waals surface area contributed by atoms with E-state index in [2.05, 4.69) is 26.6 Å². The van der Waals surface area contributed by atoms with Crippen LogP contribution in [0.4, 0.5) is 10.1 Å². The van der Waals surface area contributed by atoms with Gasteiger partial charge in [-0.05, 0) is 58.2 Å². The van der Waals surface area contributed by atoms with E-state index in [1.165, 1.54) is 11.6 Å². The van der Waals surface area contributed by atoms with Gasteiger partial charge in [-0.3, -0.25) is 4.79 Å². The number of fused-ring (bicyclic) bond motifs is 1. The van der Waals surface area contributed by atoms with Crippen LogP contribution in [-0.4, -0.2) is 12.5 Å². The van der Waals surface area contributed by atoms with Crippen LogP contribution in [-0.2, 0) is 13.0 Å². The molecule has 2 N–H and O–H groups in total. The summed E-state index contributed by atoms with van der Waals surface area (Å²) in [6, 6.07) is 10.3. The lowest BCUT2D eigenvalue weighted by Crippen LogP contribution is -2.25. The van der Waals surface area contributed by atoms with E-state index in [0.717, 1.165) is 30.8 Å². The van der Waals surface area contributed by atoms with Crippen LogP contribution in [0.25, 0.3) is 0 Å². The maximum Gasteiger partial charge on any atom is 0.259 e. The topological polar surface area (TPSA) is 41.1 Å². The van der Waals surface area contributed by atoms with Crippen molar-refractivity contribution in [2.24, 2.45) is 0 Å². The highest BCUT2D eigenvalue weighted by Crippen LogP contribution is 2.25. The Morgan fingerprint density at radius 1 is 1.24 bits per heavy atom. The van der Waals surface area contributed by atoms with Gasteiger partial charge in [0.25, 0.3) is 5.91 Å². The Kier molecular flexibility index (Phi) is 4.03. The third-order valence-electron chi connectivity index (χ3n) is 3.58. The van der Waals surface area contributed by atoms with Gasteiger partial charge in [0.15, 0.2) is 0 Å². The predicted molar refractivity (Wildman–Crippen MR) is 83.9 cm³/mol. The lowest BCUT2D eigenvalue weighted by atomic mass is 9.99.